The zero-order chi connectivity index (χ0) is 19.1. The molecule has 1 saturated heterocycles. The topological polar surface area (TPSA) is 75.2 Å². The number of carbonyl (C=O) groups is 1. The molecule has 0 radical (unpaired) electrons. The molecule has 2 unspecified atom stereocenters. The summed E-state index contributed by atoms with van der Waals surface area (Å²) in [6.07, 6.45) is 1.87. The number of guanidine groups is 1. The molecule has 0 spiro atoms. The third-order valence-electron chi connectivity index (χ3n) is 4.06. The Morgan fingerprint density at radius 2 is 2.04 bits per heavy atom. The first-order valence-electron chi connectivity index (χ1n) is 9.07. The van der Waals surface area contributed by atoms with Gasteiger partial charge in [0.2, 0.25) is 0 Å². The molecule has 1 fully saturated rings. The van der Waals surface area contributed by atoms with E-state index in [0.29, 0.717) is 13.1 Å². The van der Waals surface area contributed by atoms with Gasteiger partial charge in [0.25, 0.3) is 0 Å². The number of nitrogens with zero attached hydrogens (tertiary/aromatic N) is 2. The number of hydrogen-bond acceptors (Lipinski definition) is 4. The van der Waals surface area contributed by atoms with Crippen LogP contribution in [0.2, 0.25) is 0 Å². The lowest BCUT2D eigenvalue weighted by molar-refractivity contribution is 0.0240. The highest BCUT2D eigenvalue weighted by atomic mass is 127. The molecule has 0 saturated carbocycles. The molecule has 26 heavy (non-hydrogen) atoms. The molecule has 0 bridgehead atoms. The summed E-state index contributed by atoms with van der Waals surface area (Å²) < 4.78 is 11.1. The van der Waals surface area contributed by atoms with Crippen molar-refractivity contribution in [1.82, 2.24) is 15.5 Å². The molecule has 1 aliphatic rings. The Bertz CT molecular complexity index is 460. The summed E-state index contributed by atoms with van der Waals surface area (Å²) in [6.45, 7) is 12.7. The van der Waals surface area contributed by atoms with E-state index in [2.05, 4.69) is 29.5 Å². The molecule has 0 aliphatic carbocycles. The van der Waals surface area contributed by atoms with Gasteiger partial charge in [-0.05, 0) is 46.5 Å². The summed E-state index contributed by atoms with van der Waals surface area (Å²) in [5.41, 5.74) is -0.586. The van der Waals surface area contributed by atoms with Gasteiger partial charge in [-0.2, -0.15) is 0 Å². The molecule has 2 atom stereocenters. The van der Waals surface area contributed by atoms with Crippen LogP contribution in [0.5, 0.6) is 0 Å². The Morgan fingerprint density at radius 3 is 2.54 bits per heavy atom. The average molecular weight is 484 g/mol. The Hall–Kier alpha value is -0.770. The fourth-order valence-corrected chi connectivity index (χ4v) is 2.68. The minimum absolute atomic E-state index is 0. The molecule has 0 aromatic carbocycles. The fraction of sp³-hybridized carbons (Fsp3) is 0.889. The van der Waals surface area contributed by atoms with Gasteiger partial charge in [-0.3, -0.25) is 4.99 Å². The van der Waals surface area contributed by atoms with Crippen LogP contribution in [0.3, 0.4) is 0 Å². The van der Waals surface area contributed by atoms with E-state index in [1.54, 1.807) is 19.0 Å². The molecule has 154 valence electrons. The Kier molecular flexibility index (Phi) is 10.8. The van der Waals surface area contributed by atoms with E-state index in [9.17, 15) is 4.79 Å². The SMILES string of the molecule is CN=C(NCC(C)CN(C)C(=O)OC(C)(C)C)NCC1(C)CCCO1.I. The molecule has 2 N–H and O–H groups in total. The molecule has 8 heteroatoms. The third-order valence-corrected chi connectivity index (χ3v) is 4.06. The van der Waals surface area contributed by atoms with Crippen molar-refractivity contribution in [2.75, 3.05) is 40.3 Å². The molecule has 1 rings (SSSR count). The summed E-state index contributed by atoms with van der Waals surface area (Å²) in [5, 5.41) is 6.63. The number of rotatable bonds is 6. The van der Waals surface area contributed by atoms with Gasteiger partial charge in [0.05, 0.1) is 5.60 Å². The van der Waals surface area contributed by atoms with Crippen molar-refractivity contribution in [3.8, 4) is 0 Å². The van der Waals surface area contributed by atoms with Gasteiger partial charge >= 0.3 is 6.09 Å². The van der Waals surface area contributed by atoms with E-state index >= 15 is 0 Å². The van der Waals surface area contributed by atoms with Gasteiger partial charge in [-0.25, -0.2) is 4.79 Å². The highest BCUT2D eigenvalue weighted by Gasteiger charge is 2.29. The molecular weight excluding hydrogens is 447 g/mol. The van der Waals surface area contributed by atoms with Crippen LogP contribution in [-0.2, 0) is 9.47 Å². The fourth-order valence-electron chi connectivity index (χ4n) is 2.68. The predicted octanol–water partition coefficient (Wildman–Crippen LogP) is 2.84. The van der Waals surface area contributed by atoms with Crippen LogP contribution in [-0.4, -0.2) is 68.5 Å². The highest BCUT2D eigenvalue weighted by Crippen LogP contribution is 2.23. The van der Waals surface area contributed by atoms with Gasteiger partial charge in [0.1, 0.15) is 5.60 Å². The van der Waals surface area contributed by atoms with Crippen molar-refractivity contribution in [2.45, 2.75) is 58.7 Å². The Labute approximate surface area is 175 Å². The normalized spacial score (nSPS) is 21.6. The van der Waals surface area contributed by atoms with Gasteiger partial charge < -0.3 is 25.0 Å². The summed E-state index contributed by atoms with van der Waals surface area (Å²) in [6, 6.07) is 0. The maximum atomic E-state index is 12.0. The number of hydrogen-bond donors (Lipinski definition) is 2. The van der Waals surface area contributed by atoms with Crippen molar-refractivity contribution in [3.05, 3.63) is 0 Å². The van der Waals surface area contributed by atoms with E-state index < -0.39 is 5.60 Å². The third kappa shape index (κ3) is 9.80. The monoisotopic (exact) mass is 484 g/mol. The number of carbonyl (C=O) groups excluding carboxylic acids is 1. The van der Waals surface area contributed by atoms with Gasteiger partial charge in [-0.1, -0.05) is 6.92 Å². The van der Waals surface area contributed by atoms with Crippen molar-refractivity contribution in [1.29, 1.82) is 0 Å². The average Bonchev–Trinajstić information content (AvgIpc) is 2.92. The van der Waals surface area contributed by atoms with Crippen LogP contribution >= 0.6 is 24.0 Å². The second-order valence-electron chi connectivity index (χ2n) is 8.17. The lowest BCUT2D eigenvalue weighted by Crippen LogP contribution is -2.47. The predicted molar refractivity (Wildman–Crippen MR) is 116 cm³/mol. The first-order valence-corrected chi connectivity index (χ1v) is 9.07. The molecular formula is C18H37IN4O3. The lowest BCUT2D eigenvalue weighted by Gasteiger charge is -2.27. The second kappa shape index (κ2) is 11.2. The number of amides is 1. The van der Waals surface area contributed by atoms with E-state index in [0.717, 1.165) is 32.0 Å². The van der Waals surface area contributed by atoms with Gasteiger partial charge in [0, 0.05) is 40.3 Å². The standard InChI is InChI=1S/C18H36N4O3.HI/c1-14(12-22(7)16(23)25-17(2,3)4)11-20-15(19-6)21-13-18(5)9-8-10-24-18;/h14H,8-13H2,1-7H3,(H2,19,20,21);1H. The van der Waals surface area contributed by atoms with E-state index in [1.807, 2.05) is 20.8 Å². The van der Waals surface area contributed by atoms with Crippen molar-refractivity contribution >= 4 is 36.0 Å². The van der Waals surface area contributed by atoms with Crippen LogP contribution in [0.25, 0.3) is 0 Å². The maximum absolute atomic E-state index is 12.0. The quantitative estimate of drug-likeness (QED) is 0.345. The van der Waals surface area contributed by atoms with E-state index in [-0.39, 0.29) is 41.6 Å². The van der Waals surface area contributed by atoms with E-state index in [4.69, 9.17) is 9.47 Å². The maximum Gasteiger partial charge on any atom is 0.410 e. The zero-order valence-electron chi connectivity index (χ0n) is 17.3. The van der Waals surface area contributed by atoms with Crippen molar-refractivity contribution in [3.63, 3.8) is 0 Å². The summed E-state index contributed by atoms with van der Waals surface area (Å²) in [4.78, 5) is 17.9. The molecule has 1 heterocycles. The van der Waals surface area contributed by atoms with Crippen LogP contribution in [0, 0.1) is 5.92 Å². The van der Waals surface area contributed by atoms with Gasteiger partial charge in [0.15, 0.2) is 5.96 Å². The summed E-state index contributed by atoms with van der Waals surface area (Å²) >= 11 is 0. The number of halogens is 1. The minimum Gasteiger partial charge on any atom is -0.444 e. The molecule has 7 nitrogen and oxygen atoms in total. The van der Waals surface area contributed by atoms with Crippen LogP contribution in [0.1, 0.15) is 47.5 Å². The van der Waals surface area contributed by atoms with Crippen LogP contribution in [0.4, 0.5) is 4.79 Å². The van der Waals surface area contributed by atoms with Gasteiger partial charge in [-0.15, -0.1) is 24.0 Å². The van der Waals surface area contributed by atoms with E-state index in [1.165, 1.54) is 0 Å². The lowest BCUT2D eigenvalue weighted by atomic mass is 10.0. The van der Waals surface area contributed by atoms with Crippen molar-refractivity contribution < 1.29 is 14.3 Å². The Balaban J connectivity index is 0.00000625. The molecule has 1 amide bonds. The largest absolute Gasteiger partial charge is 0.444 e. The minimum atomic E-state index is -0.475. The number of aliphatic imine (C=N–C) groups is 1. The highest BCUT2D eigenvalue weighted by molar-refractivity contribution is 14.0. The van der Waals surface area contributed by atoms with Crippen LogP contribution in [0.15, 0.2) is 4.99 Å². The molecule has 1 aliphatic heterocycles. The first-order chi connectivity index (χ1) is 11.5. The smallest absolute Gasteiger partial charge is 0.410 e. The first kappa shape index (κ1) is 25.2. The Morgan fingerprint density at radius 1 is 1.38 bits per heavy atom. The molecule has 0 aromatic rings. The zero-order valence-corrected chi connectivity index (χ0v) is 19.7. The van der Waals surface area contributed by atoms with Crippen LogP contribution < -0.4 is 10.6 Å². The summed E-state index contributed by atoms with van der Waals surface area (Å²) in [7, 11) is 3.51. The second-order valence-corrected chi connectivity index (χ2v) is 8.17. The molecule has 0 aromatic heterocycles. The number of ether oxygens (including phenoxy) is 2. The van der Waals surface area contributed by atoms with Crippen molar-refractivity contribution in [2.24, 2.45) is 10.9 Å². The summed E-state index contributed by atoms with van der Waals surface area (Å²) in [5.74, 6) is 1.01. The number of nitrogens with one attached hydrogen (secondary N) is 2.